The van der Waals surface area contributed by atoms with Crippen LogP contribution in [0.3, 0.4) is 0 Å². The topological polar surface area (TPSA) is 44.3 Å². The lowest BCUT2D eigenvalue weighted by molar-refractivity contribution is 0.231. The van der Waals surface area contributed by atoms with E-state index in [1.54, 1.807) is 0 Å². The zero-order valence-corrected chi connectivity index (χ0v) is 10.9. The van der Waals surface area contributed by atoms with E-state index in [1.165, 1.54) is 18.4 Å². The summed E-state index contributed by atoms with van der Waals surface area (Å²) in [5.41, 5.74) is 1.28. The van der Waals surface area contributed by atoms with E-state index in [9.17, 15) is 5.11 Å². The van der Waals surface area contributed by atoms with Gasteiger partial charge in [0.05, 0.1) is 6.61 Å². The Morgan fingerprint density at radius 2 is 2.17 bits per heavy atom. The first-order valence-corrected chi connectivity index (χ1v) is 6.97. The molecule has 1 fully saturated rings. The molecule has 0 saturated carbocycles. The number of benzene rings is 1. The molecule has 100 valence electrons. The highest BCUT2D eigenvalue weighted by atomic mass is 16.3. The summed E-state index contributed by atoms with van der Waals surface area (Å²) in [6.07, 6.45) is 3.47. The number of nitrogens with one attached hydrogen (secondary N) is 2. The van der Waals surface area contributed by atoms with Gasteiger partial charge < -0.3 is 15.7 Å². The van der Waals surface area contributed by atoms with Gasteiger partial charge in [-0.15, -0.1) is 0 Å². The van der Waals surface area contributed by atoms with Gasteiger partial charge in [0.25, 0.3) is 0 Å². The van der Waals surface area contributed by atoms with Crippen molar-refractivity contribution in [1.82, 2.24) is 10.6 Å². The van der Waals surface area contributed by atoms with Crippen molar-refractivity contribution in [2.45, 2.75) is 25.3 Å². The van der Waals surface area contributed by atoms with Crippen LogP contribution in [0.25, 0.3) is 0 Å². The Balaban J connectivity index is 1.75. The third kappa shape index (κ3) is 4.41. The van der Waals surface area contributed by atoms with Crippen LogP contribution in [0.1, 0.15) is 18.4 Å². The van der Waals surface area contributed by atoms with Crippen molar-refractivity contribution in [1.29, 1.82) is 0 Å². The molecule has 1 unspecified atom stereocenters. The van der Waals surface area contributed by atoms with Gasteiger partial charge in [-0.3, -0.25) is 0 Å². The average Bonchev–Trinajstić information content (AvgIpc) is 2.45. The van der Waals surface area contributed by atoms with E-state index >= 15 is 0 Å². The third-order valence-electron chi connectivity index (χ3n) is 3.64. The molecule has 0 spiro atoms. The van der Waals surface area contributed by atoms with Gasteiger partial charge in [0, 0.05) is 6.04 Å². The Bertz CT molecular complexity index is 323. The van der Waals surface area contributed by atoms with Crippen molar-refractivity contribution in [2.24, 2.45) is 5.92 Å². The van der Waals surface area contributed by atoms with Crippen LogP contribution in [0.4, 0.5) is 0 Å². The van der Waals surface area contributed by atoms with Crippen LogP contribution in [0, 0.1) is 5.92 Å². The summed E-state index contributed by atoms with van der Waals surface area (Å²) in [5.74, 6) is 0.712. The third-order valence-corrected chi connectivity index (χ3v) is 3.64. The molecule has 0 amide bonds. The fraction of sp³-hybridized carbons (Fsp3) is 0.600. The van der Waals surface area contributed by atoms with Crippen molar-refractivity contribution < 1.29 is 5.11 Å². The fourth-order valence-corrected chi connectivity index (χ4v) is 2.53. The maximum Gasteiger partial charge on any atom is 0.0587 e. The number of rotatable bonds is 6. The Morgan fingerprint density at radius 3 is 2.83 bits per heavy atom. The molecule has 3 heteroatoms. The van der Waals surface area contributed by atoms with Crippen LogP contribution in [-0.2, 0) is 6.42 Å². The molecule has 3 nitrogen and oxygen atoms in total. The summed E-state index contributed by atoms with van der Waals surface area (Å²) in [6, 6.07) is 10.5. The Kier molecular flexibility index (Phi) is 5.65. The quantitative estimate of drug-likeness (QED) is 0.708. The minimum Gasteiger partial charge on any atom is -0.395 e. The average molecular weight is 248 g/mol. The van der Waals surface area contributed by atoms with Crippen LogP contribution in [0.5, 0.6) is 0 Å². The molecule has 0 aliphatic carbocycles. The Labute approximate surface area is 110 Å². The standard InChI is InChI=1S/C15H24N2O/c18-12-15(9-13-5-2-1-3-6-13)17-11-14-7-4-8-16-10-14/h1-3,5-6,14-18H,4,7-12H2/t14?,15-/m1/s1. The minimum absolute atomic E-state index is 0.175. The van der Waals surface area contributed by atoms with Gasteiger partial charge >= 0.3 is 0 Å². The van der Waals surface area contributed by atoms with Gasteiger partial charge in [-0.2, -0.15) is 0 Å². The molecule has 1 aromatic carbocycles. The molecular weight excluding hydrogens is 224 g/mol. The number of piperidine rings is 1. The van der Waals surface area contributed by atoms with Gasteiger partial charge in [-0.25, -0.2) is 0 Å². The zero-order chi connectivity index (χ0) is 12.6. The molecule has 0 bridgehead atoms. The van der Waals surface area contributed by atoms with Crippen molar-refractivity contribution in [3.8, 4) is 0 Å². The summed E-state index contributed by atoms with van der Waals surface area (Å²) in [5, 5.41) is 16.4. The molecule has 2 rings (SSSR count). The van der Waals surface area contributed by atoms with Crippen LogP contribution >= 0.6 is 0 Å². The summed E-state index contributed by atoms with van der Waals surface area (Å²) >= 11 is 0. The number of aliphatic hydroxyl groups excluding tert-OH is 1. The molecule has 1 aliphatic rings. The van der Waals surface area contributed by atoms with E-state index in [-0.39, 0.29) is 12.6 Å². The predicted octanol–water partition coefficient (Wildman–Crippen LogP) is 1.18. The van der Waals surface area contributed by atoms with E-state index in [4.69, 9.17) is 0 Å². The van der Waals surface area contributed by atoms with Gasteiger partial charge in [0.2, 0.25) is 0 Å². The van der Waals surface area contributed by atoms with E-state index in [0.717, 1.165) is 26.1 Å². The Morgan fingerprint density at radius 1 is 1.33 bits per heavy atom. The number of hydrogen-bond donors (Lipinski definition) is 3. The molecule has 0 aromatic heterocycles. The smallest absolute Gasteiger partial charge is 0.0587 e. The molecule has 1 aliphatic heterocycles. The second kappa shape index (κ2) is 7.52. The molecule has 0 radical (unpaired) electrons. The fourth-order valence-electron chi connectivity index (χ4n) is 2.53. The maximum absolute atomic E-state index is 9.44. The number of hydrogen-bond acceptors (Lipinski definition) is 3. The summed E-state index contributed by atoms with van der Waals surface area (Å²) in [7, 11) is 0. The second-order valence-electron chi connectivity index (χ2n) is 5.19. The first kappa shape index (κ1) is 13.5. The summed E-state index contributed by atoms with van der Waals surface area (Å²) < 4.78 is 0. The second-order valence-corrected chi connectivity index (χ2v) is 5.19. The lowest BCUT2D eigenvalue weighted by Gasteiger charge is -2.25. The highest BCUT2D eigenvalue weighted by Gasteiger charge is 2.15. The molecule has 1 aromatic rings. The number of aliphatic hydroxyl groups is 1. The van der Waals surface area contributed by atoms with Crippen molar-refractivity contribution in [3.05, 3.63) is 35.9 Å². The van der Waals surface area contributed by atoms with E-state index in [2.05, 4.69) is 34.9 Å². The monoisotopic (exact) mass is 248 g/mol. The van der Waals surface area contributed by atoms with Crippen LogP contribution in [-0.4, -0.2) is 37.4 Å². The Hall–Kier alpha value is -0.900. The first-order valence-electron chi connectivity index (χ1n) is 6.97. The van der Waals surface area contributed by atoms with Crippen molar-refractivity contribution >= 4 is 0 Å². The maximum atomic E-state index is 9.44. The summed E-state index contributed by atoms with van der Waals surface area (Å²) in [4.78, 5) is 0. The summed E-state index contributed by atoms with van der Waals surface area (Å²) in [6.45, 7) is 3.47. The SMILES string of the molecule is OC[C@@H](Cc1ccccc1)NCC1CCCNC1. The zero-order valence-electron chi connectivity index (χ0n) is 10.9. The molecule has 18 heavy (non-hydrogen) atoms. The van der Waals surface area contributed by atoms with Gasteiger partial charge in [0.1, 0.15) is 0 Å². The molecular formula is C15H24N2O. The largest absolute Gasteiger partial charge is 0.395 e. The molecule has 3 N–H and O–H groups in total. The van der Waals surface area contributed by atoms with Gasteiger partial charge in [0.15, 0.2) is 0 Å². The highest BCUT2D eigenvalue weighted by Crippen LogP contribution is 2.09. The minimum atomic E-state index is 0.175. The first-order chi connectivity index (χ1) is 8.88. The van der Waals surface area contributed by atoms with Crippen molar-refractivity contribution in [2.75, 3.05) is 26.2 Å². The van der Waals surface area contributed by atoms with Crippen LogP contribution < -0.4 is 10.6 Å². The van der Waals surface area contributed by atoms with Gasteiger partial charge in [-0.05, 0) is 50.4 Å². The van der Waals surface area contributed by atoms with Crippen LogP contribution in [0.15, 0.2) is 30.3 Å². The molecule has 2 atom stereocenters. The highest BCUT2D eigenvalue weighted by molar-refractivity contribution is 5.15. The predicted molar refractivity (Wildman–Crippen MR) is 74.6 cm³/mol. The molecule has 1 heterocycles. The van der Waals surface area contributed by atoms with Crippen LogP contribution in [0.2, 0.25) is 0 Å². The van der Waals surface area contributed by atoms with Crippen molar-refractivity contribution in [3.63, 3.8) is 0 Å². The lowest BCUT2D eigenvalue weighted by atomic mass is 9.98. The molecule has 1 saturated heterocycles. The lowest BCUT2D eigenvalue weighted by Crippen LogP contribution is -2.42. The van der Waals surface area contributed by atoms with E-state index in [1.807, 2.05) is 6.07 Å². The van der Waals surface area contributed by atoms with E-state index < -0.39 is 0 Å². The van der Waals surface area contributed by atoms with Gasteiger partial charge in [-0.1, -0.05) is 30.3 Å². The normalized spacial score (nSPS) is 21.7. The van der Waals surface area contributed by atoms with E-state index in [0.29, 0.717) is 5.92 Å².